The minimum Gasteiger partial charge on any atom is -0.324 e. The molecule has 150 valence electrons. The molecule has 0 spiro atoms. The zero-order valence-electron chi connectivity index (χ0n) is 16.7. The summed E-state index contributed by atoms with van der Waals surface area (Å²) >= 11 is 0. The molecule has 0 aromatic heterocycles. The van der Waals surface area contributed by atoms with Gasteiger partial charge in [0.25, 0.3) is 0 Å². The Morgan fingerprint density at radius 3 is 2.43 bits per heavy atom. The maximum atomic E-state index is 12.7. The molecule has 0 radical (unpaired) electrons. The summed E-state index contributed by atoms with van der Waals surface area (Å²) in [5, 5.41) is 2.82. The summed E-state index contributed by atoms with van der Waals surface area (Å²) in [5.74, 6) is -2.02. The van der Waals surface area contributed by atoms with Crippen LogP contribution in [0.4, 0.5) is 10.5 Å². The Hall–Kier alpha value is -2.70. The highest BCUT2D eigenvalue weighted by molar-refractivity contribution is 6.45. The predicted molar refractivity (Wildman–Crippen MR) is 105 cm³/mol. The van der Waals surface area contributed by atoms with E-state index < -0.39 is 30.3 Å². The third-order valence-electron chi connectivity index (χ3n) is 5.52. The topological polar surface area (TPSA) is 86.8 Å². The number of carbonyl (C=O) groups excluding carboxylic acids is 4. The Morgan fingerprint density at radius 1 is 1.11 bits per heavy atom. The molecule has 1 saturated heterocycles. The van der Waals surface area contributed by atoms with Crippen molar-refractivity contribution in [3.8, 4) is 0 Å². The maximum Gasteiger partial charge on any atom is 0.334 e. The molecule has 5 amide bonds. The number of hydrogen-bond acceptors (Lipinski definition) is 4. The summed E-state index contributed by atoms with van der Waals surface area (Å²) in [6, 6.07) is 4.84. The van der Waals surface area contributed by atoms with Crippen LogP contribution in [0.15, 0.2) is 18.2 Å². The lowest BCUT2D eigenvalue weighted by molar-refractivity contribution is -0.144. The Bertz CT molecular complexity index is 812. The number of rotatable bonds is 5. The van der Waals surface area contributed by atoms with Crippen molar-refractivity contribution in [2.45, 2.75) is 64.8 Å². The van der Waals surface area contributed by atoms with Crippen LogP contribution in [0.3, 0.4) is 0 Å². The average Bonchev–Trinajstić information content (AvgIpc) is 2.87. The van der Waals surface area contributed by atoms with E-state index in [0.717, 1.165) is 40.2 Å². The second kappa shape index (κ2) is 8.12. The van der Waals surface area contributed by atoms with Crippen molar-refractivity contribution in [3.63, 3.8) is 0 Å². The fourth-order valence-electron chi connectivity index (χ4n) is 3.99. The number of nitrogens with one attached hydrogen (secondary N) is 1. The Morgan fingerprint density at radius 2 is 1.79 bits per heavy atom. The van der Waals surface area contributed by atoms with E-state index in [1.165, 1.54) is 0 Å². The van der Waals surface area contributed by atoms with Crippen molar-refractivity contribution in [1.29, 1.82) is 0 Å². The van der Waals surface area contributed by atoms with Crippen molar-refractivity contribution < 1.29 is 19.2 Å². The van der Waals surface area contributed by atoms with Crippen LogP contribution in [0, 0.1) is 6.92 Å². The molecule has 2 aliphatic rings. The largest absolute Gasteiger partial charge is 0.334 e. The van der Waals surface area contributed by atoms with Crippen LogP contribution in [-0.2, 0) is 14.4 Å². The van der Waals surface area contributed by atoms with Gasteiger partial charge in [-0.3, -0.25) is 19.3 Å². The Kier molecular flexibility index (Phi) is 5.82. The van der Waals surface area contributed by atoms with Crippen LogP contribution in [0.25, 0.3) is 0 Å². The van der Waals surface area contributed by atoms with Crippen molar-refractivity contribution in [2.24, 2.45) is 0 Å². The van der Waals surface area contributed by atoms with Gasteiger partial charge in [-0.2, -0.15) is 0 Å². The lowest BCUT2D eigenvalue weighted by Gasteiger charge is -2.28. The van der Waals surface area contributed by atoms with Gasteiger partial charge in [0.05, 0.1) is 0 Å². The van der Waals surface area contributed by atoms with Crippen LogP contribution in [0.2, 0.25) is 0 Å². The van der Waals surface area contributed by atoms with Crippen molar-refractivity contribution in [1.82, 2.24) is 9.80 Å². The lowest BCUT2D eigenvalue weighted by atomic mass is 9.94. The number of benzene rings is 1. The van der Waals surface area contributed by atoms with Gasteiger partial charge in [0, 0.05) is 11.7 Å². The van der Waals surface area contributed by atoms with E-state index in [9.17, 15) is 19.2 Å². The van der Waals surface area contributed by atoms with Crippen LogP contribution < -0.4 is 5.32 Å². The number of carbonyl (C=O) groups is 4. The predicted octanol–water partition coefficient (Wildman–Crippen LogP) is 3.18. The van der Waals surface area contributed by atoms with Gasteiger partial charge >= 0.3 is 17.8 Å². The van der Waals surface area contributed by atoms with Crippen molar-refractivity contribution in [2.75, 3.05) is 11.9 Å². The Labute approximate surface area is 165 Å². The van der Waals surface area contributed by atoms with Crippen LogP contribution >= 0.6 is 0 Å². The molecule has 28 heavy (non-hydrogen) atoms. The molecule has 1 aliphatic heterocycles. The number of aryl methyl sites for hydroxylation is 1. The molecule has 0 atom stereocenters. The number of amides is 5. The number of anilines is 1. The zero-order valence-corrected chi connectivity index (χ0v) is 16.7. The van der Waals surface area contributed by atoms with Gasteiger partial charge in [-0.25, -0.2) is 9.69 Å². The number of para-hydroxylation sites is 1. The first-order valence-corrected chi connectivity index (χ1v) is 9.89. The third kappa shape index (κ3) is 3.79. The third-order valence-corrected chi connectivity index (χ3v) is 5.52. The number of imide groups is 2. The molecule has 7 heteroatoms. The quantitative estimate of drug-likeness (QED) is 0.623. The van der Waals surface area contributed by atoms with Crippen LogP contribution in [0.5, 0.6) is 0 Å². The molecule has 1 aliphatic carbocycles. The van der Waals surface area contributed by atoms with Gasteiger partial charge in [-0.15, -0.1) is 0 Å². The monoisotopic (exact) mass is 385 g/mol. The highest BCUT2D eigenvalue weighted by Gasteiger charge is 2.48. The smallest absolute Gasteiger partial charge is 0.324 e. The molecular formula is C21H27N3O4. The number of urea groups is 1. The van der Waals surface area contributed by atoms with Crippen LogP contribution in [0.1, 0.15) is 63.0 Å². The maximum absolute atomic E-state index is 12.7. The molecule has 1 N–H and O–H groups in total. The summed E-state index contributed by atoms with van der Waals surface area (Å²) in [6.45, 7) is 5.48. The fourth-order valence-corrected chi connectivity index (χ4v) is 3.99. The fraction of sp³-hybridized carbons (Fsp3) is 0.524. The Balaban J connectivity index is 1.73. The van der Waals surface area contributed by atoms with Crippen LogP contribution in [-0.4, -0.2) is 46.1 Å². The van der Waals surface area contributed by atoms with Crippen molar-refractivity contribution in [3.05, 3.63) is 29.3 Å². The summed E-state index contributed by atoms with van der Waals surface area (Å²) in [5.41, 5.74) is 2.57. The molecular weight excluding hydrogens is 358 g/mol. The normalized spacial score (nSPS) is 18.4. The lowest BCUT2D eigenvalue weighted by Crippen LogP contribution is -2.43. The summed E-state index contributed by atoms with van der Waals surface area (Å²) in [7, 11) is 0. The second-order valence-corrected chi connectivity index (χ2v) is 7.88. The molecule has 0 bridgehead atoms. The summed E-state index contributed by atoms with van der Waals surface area (Å²) in [4.78, 5) is 51.8. The molecule has 3 rings (SSSR count). The van der Waals surface area contributed by atoms with Gasteiger partial charge < -0.3 is 5.32 Å². The van der Waals surface area contributed by atoms with E-state index in [1.54, 1.807) is 0 Å². The molecule has 1 heterocycles. The molecule has 1 aromatic rings. The van der Waals surface area contributed by atoms with E-state index in [1.807, 2.05) is 39.0 Å². The van der Waals surface area contributed by atoms with Gasteiger partial charge in [-0.1, -0.05) is 51.3 Å². The second-order valence-electron chi connectivity index (χ2n) is 7.88. The zero-order chi connectivity index (χ0) is 20.4. The SMILES string of the molecule is Cc1cccc(C(C)C)c1NC(=O)CN1C(=O)C(=O)N(C2CCCCC2)C1=O. The van der Waals surface area contributed by atoms with Crippen molar-refractivity contribution >= 4 is 29.4 Å². The van der Waals surface area contributed by atoms with Gasteiger partial charge in [0.15, 0.2) is 0 Å². The molecule has 2 fully saturated rings. The van der Waals surface area contributed by atoms with E-state index in [4.69, 9.17) is 0 Å². The van der Waals surface area contributed by atoms with E-state index in [-0.39, 0.29) is 12.0 Å². The first kappa shape index (κ1) is 20.0. The summed E-state index contributed by atoms with van der Waals surface area (Å²) in [6.07, 6.45) is 4.36. The standard InChI is InChI=1S/C21H27N3O4/c1-13(2)16-11-7-8-14(3)18(16)22-17(25)12-23-19(26)20(27)24(21(23)28)15-9-5-4-6-10-15/h7-8,11,13,15H,4-6,9-10,12H2,1-3H3,(H,22,25). The minimum absolute atomic E-state index is 0.202. The molecule has 1 saturated carbocycles. The van der Waals surface area contributed by atoms with E-state index >= 15 is 0 Å². The molecule has 0 unspecified atom stereocenters. The minimum atomic E-state index is -0.917. The average molecular weight is 385 g/mol. The highest BCUT2D eigenvalue weighted by atomic mass is 16.2. The summed E-state index contributed by atoms with van der Waals surface area (Å²) < 4.78 is 0. The number of nitrogens with zero attached hydrogens (tertiary/aromatic N) is 2. The molecule has 7 nitrogen and oxygen atoms in total. The van der Waals surface area contributed by atoms with Gasteiger partial charge in [0.1, 0.15) is 6.54 Å². The molecule has 1 aromatic carbocycles. The van der Waals surface area contributed by atoms with Gasteiger partial charge in [-0.05, 0) is 36.8 Å². The first-order valence-electron chi connectivity index (χ1n) is 9.89. The van der Waals surface area contributed by atoms with Gasteiger partial charge in [0.2, 0.25) is 5.91 Å². The first-order chi connectivity index (χ1) is 13.3. The van der Waals surface area contributed by atoms with E-state index in [0.29, 0.717) is 18.5 Å². The van der Waals surface area contributed by atoms with E-state index in [2.05, 4.69) is 5.32 Å². The highest BCUT2D eigenvalue weighted by Crippen LogP contribution is 2.29. The number of hydrogen-bond donors (Lipinski definition) is 1.